The molecule has 17 heavy (non-hydrogen) atoms. The Morgan fingerprint density at radius 3 is 2.88 bits per heavy atom. The monoisotopic (exact) mass is 318 g/mol. The highest BCUT2D eigenvalue weighted by Crippen LogP contribution is 2.20. The Morgan fingerprint density at radius 1 is 1.53 bits per heavy atom. The maximum atomic E-state index is 11.9. The normalized spacial score (nSPS) is 18.6. The van der Waals surface area contributed by atoms with Crippen molar-refractivity contribution in [3.8, 4) is 0 Å². The summed E-state index contributed by atoms with van der Waals surface area (Å²) in [5.74, 6) is 0.0722. The molecule has 0 radical (unpaired) electrons. The van der Waals surface area contributed by atoms with E-state index in [4.69, 9.17) is 0 Å². The molecule has 0 spiro atoms. The number of nitrogens with one attached hydrogen (secondary N) is 2. The fraction of sp³-hybridized carbons (Fsp3) is 0.417. The number of amides is 1. The van der Waals surface area contributed by atoms with Crippen molar-refractivity contribution >= 4 is 39.9 Å². The average Bonchev–Trinajstić information content (AvgIpc) is 2.75. The van der Waals surface area contributed by atoms with E-state index >= 15 is 0 Å². The lowest BCUT2D eigenvalue weighted by Gasteiger charge is -2.13. The van der Waals surface area contributed by atoms with Crippen molar-refractivity contribution in [3.63, 3.8) is 0 Å². The van der Waals surface area contributed by atoms with Crippen molar-refractivity contribution in [1.82, 2.24) is 5.32 Å². The van der Waals surface area contributed by atoms with Crippen LogP contribution in [0.25, 0.3) is 0 Å². The second-order valence-corrected chi connectivity index (χ2v) is 5.01. The van der Waals surface area contributed by atoms with Crippen molar-refractivity contribution in [2.75, 3.05) is 11.9 Å². The molecule has 2 N–H and O–H groups in total. The first kappa shape index (κ1) is 14.5. The molecule has 1 saturated heterocycles. The van der Waals surface area contributed by atoms with Crippen LogP contribution in [0.15, 0.2) is 22.7 Å². The summed E-state index contributed by atoms with van der Waals surface area (Å²) >= 11 is 3.40. The van der Waals surface area contributed by atoms with Gasteiger partial charge in [-0.3, -0.25) is 4.79 Å². The van der Waals surface area contributed by atoms with Crippen molar-refractivity contribution < 1.29 is 4.79 Å². The van der Waals surface area contributed by atoms with Crippen molar-refractivity contribution in [3.05, 3.63) is 28.2 Å². The first-order chi connectivity index (χ1) is 7.66. The summed E-state index contributed by atoms with van der Waals surface area (Å²) in [4.78, 5) is 11.9. The summed E-state index contributed by atoms with van der Waals surface area (Å²) in [6.45, 7) is 2.93. The van der Waals surface area contributed by atoms with Gasteiger partial charge in [0.25, 0.3) is 0 Å². The van der Waals surface area contributed by atoms with Crippen LogP contribution in [-0.4, -0.2) is 18.5 Å². The van der Waals surface area contributed by atoms with Gasteiger partial charge in [-0.2, -0.15) is 0 Å². The second kappa shape index (κ2) is 6.38. The van der Waals surface area contributed by atoms with Crippen LogP contribution in [0, 0.1) is 6.92 Å². The molecule has 1 atom stereocenters. The molecule has 3 nitrogen and oxygen atoms in total. The number of anilines is 1. The van der Waals surface area contributed by atoms with Crippen molar-refractivity contribution in [2.24, 2.45) is 0 Å². The molecule has 1 amide bonds. The Bertz CT molecular complexity index is 405. The standard InChI is InChI=1S/C12H15BrN2O.ClH/c1-8-7-9(13)4-5-10(8)15-12(16)11-3-2-6-14-11;/h4-5,7,11,14H,2-3,6H2,1H3,(H,15,16);1H/t11-;/m0./s1. The summed E-state index contributed by atoms with van der Waals surface area (Å²) < 4.78 is 1.03. The summed E-state index contributed by atoms with van der Waals surface area (Å²) in [5, 5.41) is 6.14. The van der Waals surface area contributed by atoms with Gasteiger partial charge in [0, 0.05) is 10.2 Å². The lowest BCUT2D eigenvalue weighted by atomic mass is 10.1. The molecule has 2 rings (SSSR count). The van der Waals surface area contributed by atoms with Gasteiger partial charge in [0.2, 0.25) is 5.91 Å². The molecule has 1 aliphatic rings. The fourth-order valence-electron chi connectivity index (χ4n) is 1.90. The Morgan fingerprint density at radius 2 is 2.29 bits per heavy atom. The minimum atomic E-state index is -0.0250. The van der Waals surface area contributed by atoms with E-state index in [1.54, 1.807) is 0 Å². The number of carbonyl (C=O) groups excluding carboxylic acids is 1. The Labute approximate surface area is 116 Å². The maximum absolute atomic E-state index is 11.9. The van der Waals surface area contributed by atoms with Crippen LogP contribution in [0.3, 0.4) is 0 Å². The quantitative estimate of drug-likeness (QED) is 0.880. The molecule has 1 aromatic rings. The molecule has 5 heteroatoms. The molecule has 0 aromatic heterocycles. The molecule has 1 aromatic carbocycles. The fourth-order valence-corrected chi connectivity index (χ4v) is 2.37. The van der Waals surface area contributed by atoms with Crippen molar-refractivity contribution in [2.45, 2.75) is 25.8 Å². The Kier molecular flexibility index (Phi) is 5.43. The van der Waals surface area contributed by atoms with Gasteiger partial charge in [-0.15, -0.1) is 12.4 Å². The smallest absolute Gasteiger partial charge is 0.241 e. The number of hydrogen-bond acceptors (Lipinski definition) is 2. The first-order valence-corrected chi connectivity index (χ1v) is 6.26. The van der Waals surface area contributed by atoms with Gasteiger partial charge in [0.05, 0.1) is 6.04 Å². The first-order valence-electron chi connectivity index (χ1n) is 5.47. The van der Waals surface area contributed by atoms with Crippen LogP contribution < -0.4 is 10.6 Å². The number of rotatable bonds is 2. The van der Waals surface area contributed by atoms with Crippen LogP contribution in [0.2, 0.25) is 0 Å². The molecular weight excluding hydrogens is 304 g/mol. The number of carbonyl (C=O) groups is 1. The maximum Gasteiger partial charge on any atom is 0.241 e. The van der Waals surface area contributed by atoms with Crippen molar-refractivity contribution in [1.29, 1.82) is 0 Å². The highest BCUT2D eigenvalue weighted by Gasteiger charge is 2.22. The van der Waals surface area contributed by atoms with E-state index in [2.05, 4.69) is 26.6 Å². The summed E-state index contributed by atoms with van der Waals surface area (Å²) in [6.07, 6.45) is 2.01. The minimum absolute atomic E-state index is 0. The second-order valence-electron chi connectivity index (χ2n) is 4.10. The summed E-state index contributed by atoms with van der Waals surface area (Å²) in [7, 11) is 0. The third-order valence-electron chi connectivity index (χ3n) is 2.82. The molecule has 0 unspecified atom stereocenters. The lowest BCUT2D eigenvalue weighted by Crippen LogP contribution is -2.35. The largest absolute Gasteiger partial charge is 0.324 e. The molecular formula is C12H16BrClN2O. The Hall–Kier alpha value is -0.580. The van der Waals surface area contributed by atoms with Gasteiger partial charge in [0.15, 0.2) is 0 Å². The zero-order valence-corrected chi connectivity index (χ0v) is 12.0. The average molecular weight is 320 g/mol. The predicted octanol–water partition coefficient (Wildman–Crippen LogP) is 2.87. The van der Waals surface area contributed by atoms with E-state index in [0.29, 0.717) is 0 Å². The van der Waals surface area contributed by atoms with Crippen LogP contribution >= 0.6 is 28.3 Å². The third-order valence-corrected chi connectivity index (χ3v) is 3.32. The SMILES string of the molecule is Cc1cc(Br)ccc1NC(=O)[C@@H]1CCCN1.Cl. The zero-order valence-electron chi connectivity index (χ0n) is 9.63. The van der Waals surface area contributed by atoms with Crippen LogP contribution in [0.5, 0.6) is 0 Å². The van der Waals surface area contributed by atoms with Gasteiger partial charge in [-0.05, 0) is 50.1 Å². The van der Waals surface area contributed by atoms with Crippen LogP contribution in [0.4, 0.5) is 5.69 Å². The lowest BCUT2D eigenvalue weighted by molar-refractivity contribution is -0.117. The number of benzene rings is 1. The molecule has 0 aliphatic carbocycles. The van der Waals surface area contributed by atoms with E-state index < -0.39 is 0 Å². The molecule has 1 aliphatic heterocycles. The molecule has 94 valence electrons. The third kappa shape index (κ3) is 3.69. The number of aryl methyl sites for hydroxylation is 1. The number of hydrogen-bond donors (Lipinski definition) is 2. The highest BCUT2D eigenvalue weighted by atomic mass is 79.9. The number of halogens is 2. The van der Waals surface area contributed by atoms with Crippen LogP contribution in [-0.2, 0) is 4.79 Å². The summed E-state index contributed by atoms with van der Waals surface area (Å²) in [6, 6.07) is 5.83. The van der Waals surface area contributed by atoms with E-state index in [1.807, 2.05) is 25.1 Å². The van der Waals surface area contributed by atoms with Gasteiger partial charge < -0.3 is 10.6 Å². The topological polar surface area (TPSA) is 41.1 Å². The Balaban J connectivity index is 0.00000144. The van der Waals surface area contributed by atoms with Gasteiger partial charge >= 0.3 is 0 Å². The molecule has 0 bridgehead atoms. The van der Waals surface area contributed by atoms with E-state index in [0.717, 1.165) is 35.1 Å². The predicted molar refractivity (Wildman–Crippen MR) is 75.8 cm³/mol. The van der Waals surface area contributed by atoms with Gasteiger partial charge in [-0.1, -0.05) is 15.9 Å². The summed E-state index contributed by atoms with van der Waals surface area (Å²) in [5.41, 5.74) is 1.96. The minimum Gasteiger partial charge on any atom is -0.324 e. The molecule has 0 saturated carbocycles. The molecule has 1 heterocycles. The highest BCUT2D eigenvalue weighted by molar-refractivity contribution is 9.10. The van der Waals surface area contributed by atoms with Gasteiger partial charge in [-0.25, -0.2) is 0 Å². The molecule has 1 fully saturated rings. The van der Waals surface area contributed by atoms with Crippen LogP contribution in [0.1, 0.15) is 18.4 Å². The van der Waals surface area contributed by atoms with E-state index in [9.17, 15) is 4.79 Å². The van der Waals surface area contributed by atoms with E-state index in [-0.39, 0.29) is 24.4 Å². The van der Waals surface area contributed by atoms with E-state index in [1.165, 1.54) is 0 Å². The van der Waals surface area contributed by atoms with Gasteiger partial charge in [0.1, 0.15) is 0 Å². The zero-order chi connectivity index (χ0) is 11.5.